The maximum Gasteiger partial charge on any atom is 0.416 e. The summed E-state index contributed by atoms with van der Waals surface area (Å²) in [5, 5.41) is 0. The minimum Gasteiger partial charge on any atom is -0.261 e. The second kappa shape index (κ2) is 3.26. The third kappa shape index (κ3) is 1.61. The Bertz CT molecular complexity index is 344. The number of nitrogens with zero attached hydrogens (tertiary/aromatic N) is 1. The second-order valence-electron chi connectivity index (χ2n) is 3.49. The molecule has 1 aromatic heterocycles. The third-order valence-corrected chi connectivity index (χ3v) is 2.54. The number of alkyl halides is 3. The Morgan fingerprint density at radius 2 is 1.86 bits per heavy atom. The highest BCUT2D eigenvalue weighted by molar-refractivity contribution is 5.33. The van der Waals surface area contributed by atoms with Crippen LogP contribution in [0.5, 0.6) is 0 Å². The van der Waals surface area contributed by atoms with Crippen LogP contribution in [-0.4, -0.2) is 4.98 Å². The molecular formula is C10H10F3N. The number of rotatable bonds is 0. The van der Waals surface area contributed by atoms with Gasteiger partial charge in [0.15, 0.2) is 0 Å². The molecule has 1 aromatic rings. The Hall–Kier alpha value is -1.06. The van der Waals surface area contributed by atoms with Crippen molar-refractivity contribution in [1.29, 1.82) is 0 Å². The summed E-state index contributed by atoms with van der Waals surface area (Å²) in [6.45, 7) is 0. The van der Waals surface area contributed by atoms with E-state index in [1.807, 2.05) is 0 Å². The van der Waals surface area contributed by atoms with Crippen molar-refractivity contribution in [3.63, 3.8) is 0 Å². The van der Waals surface area contributed by atoms with Crippen molar-refractivity contribution in [1.82, 2.24) is 4.98 Å². The van der Waals surface area contributed by atoms with Crippen LogP contribution in [0.2, 0.25) is 0 Å². The van der Waals surface area contributed by atoms with Crippen molar-refractivity contribution >= 4 is 0 Å². The first-order valence-electron chi connectivity index (χ1n) is 4.63. The summed E-state index contributed by atoms with van der Waals surface area (Å²) >= 11 is 0. The second-order valence-corrected chi connectivity index (χ2v) is 3.49. The number of pyridine rings is 1. The first kappa shape index (κ1) is 9.49. The van der Waals surface area contributed by atoms with E-state index >= 15 is 0 Å². The summed E-state index contributed by atoms with van der Waals surface area (Å²) in [6.07, 6.45) is -0.00229. The highest BCUT2D eigenvalue weighted by Crippen LogP contribution is 2.35. The monoisotopic (exact) mass is 201 g/mol. The number of aromatic nitrogens is 1. The van der Waals surface area contributed by atoms with E-state index in [9.17, 15) is 13.2 Å². The molecule has 0 saturated carbocycles. The molecule has 0 radical (unpaired) electrons. The zero-order valence-electron chi connectivity index (χ0n) is 7.56. The molecule has 0 saturated heterocycles. The van der Waals surface area contributed by atoms with Gasteiger partial charge in [0.2, 0.25) is 0 Å². The SMILES string of the molecule is FC(F)(F)c1ccnc2c1CCCC2. The minimum atomic E-state index is -4.23. The molecule has 0 N–H and O–H groups in total. The Morgan fingerprint density at radius 3 is 2.57 bits per heavy atom. The molecule has 14 heavy (non-hydrogen) atoms. The Balaban J connectivity index is 2.51. The van der Waals surface area contributed by atoms with E-state index in [0.29, 0.717) is 24.1 Å². The third-order valence-electron chi connectivity index (χ3n) is 2.54. The van der Waals surface area contributed by atoms with E-state index in [2.05, 4.69) is 4.98 Å². The fourth-order valence-electron chi connectivity index (χ4n) is 1.89. The summed E-state index contributed by atoms with van der Waals surface area (Å²) < 4.78 is 37.6. The lowest BCUT2D eigenvalue weighted by Crippen LogP contribution is -2.15. The normalized spacial score (nSPS) is 16.5. The van der Waals surface area contributed by atoms with Gasteiger partial charge in [-0.15, -0.1) is 0 Å². The first-order chi connectivity index (χ1) is 6.59. The van der Waals surface area contributed by atoms with E-state index in [-0.39, 0.29) is 0 Å². The van der Waals surface area contributed by atoms with Gasteiger partial charge in [-0.3, -0.25) is 4.98 Å². The summed E-state index contributed by atoms with van der Waals surface area (Å²) in [5.41, 5.74) is 0.541. The van der Waals surface area contributed by atoms with Crippen molar-refractivity contribution in [2.75, 3.05) is 0 Å². The van der Waals surface area contributed by atoms with Crippen LogP contribution in [0.15, 0.2) is 12.3 Å². The van der Waals surface area contributed by atoms with E-state index in [1.54, 1.807) is 0 Å². The number of aryl methyl sites for hydroxylation is 1. The van der Waals surface area contributed by atoms with Gasteiger partial charge in [-0.05, 0) is 37.3 Å². The quantitative estimate of drug-likeness (QED) is 0.628. The molecule has 1 aliphatic carbocycles. The minimum absolute atomic E-state index is 0.409. The maximum absolute atomic E-state index is 12.5. The van der Waals surface area contributed by atoms with E-state index in [1.165, 1.54) is 6.20 Å². The Kier molecular flexibility index (Phi) is 2.21. The van der Waals surface area contributed by atoms with Crippen molar-refractivity contribution in [2.24, 2.45) is 0 Å². The van der Waals surface area contributed by atoms with Gasteiger partial charge in [0.05, 0.1) is 5.56 Å². The van der Waals surface area contributed by atoms with Gasteiger partial charge in [0.1, 0.15) is 0 Å². The van der Waals surface area contributed by atoms with Crippen LogP contribution in [0.1, 0.15) is 29.7 Å². The fourth-order valence-corrected chi connectivity index (χ4v) is 1.89. The van der Waals surface area contributed by atoms with Crippen LogP contribution < -0.4 is 0 Å². The molecule has 2 rings (SSSR count). The largest absolute Gasteiger partial charge is 0.416 e. The molecule has 76 valence electrons. The van der Waals surface area contributed by atoms with Gasteiger partial charge in [0.25, 0.3) is 0 Å². The molecule has 0 aliphatic heterocycles. The molecule has 0 amide bonds. The molecule has 0 fully saturated rings. The van der Waals surface area contributed by atoms with Crippen LogP contribution in [0.4, 0.5) is 13.2 Å². The zero-order chi connectivity index (χ0) is 10.2. The van der Waals surface area contributed by atoms with Gasteiger partial charge in [-0.25, -0.2) is 0 Å². The van der Waals surface area contributed by atoms with Crippen LogP contribution in [0.25, 0.3) is 0 Å². The Labute approximate surface area is 80.0 Å². The lowest BCUT2D eigenvalue weighted by molar-refractivity contribution is -0.138. The molecular weight excluding hydrogens is 191 g/mol. The molecule has 0 unspecified atom stereocenters. The predicted octanol–water partition coefficient (Wildman–Crippen LogP) is 2.98. The number of halogens is 3. The van der Waals surface area contributed by atoms with Crippen molar-refractivity contribution in [2.45, 2.75) is 31.9 Å². The van der Waals surface area contributed by atoms with Crippen molar-refractivity contribution < 1.29 is 13.2 Å². The van der Waals surface area contributed by atoms with Crippen LogP contribution >= 0.6 is 0 Å². The number of hydrogen-bond donors (Lipinski definition) is 0. The average molecular weight is 201 g/mol. The van der Waals surface area contributed by atoms with Crippen LogP contribution in [-0.2, 0) is 19.0 Å². The Morgan fingerprint density at radius 1 is 1.14 bits per heavy atom. The van der Waals surface area contributed by atoms with Gasteiger partial charge in [-0.1, -0.05) is 0 Å². The van der Waals surface area contributed by atoms with Crippen molar-refractivity contribution in [3.05, 3.63) is 29.1 Å². The maximum atomic E-state index is 12.5. The molecule has 1 aliphatic rings. The lowest BCUT2D eigenvalue weighted by atomic mass is 9.92. The molecule has 0 spiro atoms. The molecule has 0 bridgehead atoms. The fraction of sp³-hybridized carbons (Fsp3) is 0.500. The average Bonchev–Trinajstić information content (AvgIpc) is 2.15. The van der Waals surface area contributed by atoms with Gasteiger partial charge in [0, 0.05) is 11.9 Å². The molecule has 1 nitrogen and oxygen atoms in total. The highest BCUT2D eigenvalue weighted by Gasteiger charge is 2.34. The van der Waals surface area contributed by atoms with E-state index < -0.39 is 11.7 Å². The van der Waals surface area contributed by atoms with Crippen molar-refractivity contribution in [3.8, 4) is 0 Å². The standard InChI is InChI=1S/C10H10F3N/c11-10(12,13)8-5-6-14-9-4-2-1-3-7(8)9/h5-6H,1-4H2. The summed E-state index contributed by atoms with van der Waals surface area (Å²) in [7, 11) is 0. The smallest absolute Gasteiger partial charge is 0.261 e. The predicted molar refractivity (Wildman–Crippen MR) is 45.9 cm³/mol. The summed E-state index contributed by atoms with van der Waals surface area (Å²) in [5.74, 6) is 0. The lowest BCUT2D eigenvalue weighted by Gasteiger charge is -2.19. The van der Waals surface area contributed by atoms with Crippen LogP contribution in [0.3, 0.4) is 0 Å². The number of fused-ring (bicyclic) bond motifs is 1. The highest BCUT2D eigenvalue weighted by atomic mass is 19.4. The van der Waals surface area contributed by atoms with Gasteiger partial charge in [-0.2, -0.15) is 13.2 Å². The summed E-state index contributed by atoms with van der Waals surface area (Å²) in [6, 6.07) is 1.07. The van der Waals surface area contributed by atoms with Gasteiger partial charge >= 0.3 is 6.18 Å². The van der Waals surface area contributed by atoms with E-state index in [0.717, 1.165) is 18.9 Å². The molecule has 1 heterocycles. The molecule has 4 heteroatoms. The van der Waals surface area contributed by atoms with Gasteiger partial charge < -0.3 is 0 Å². The zero-order valence-corrected chi connectivity index (χ0v) is 7.56. The topological polar surface area (TPSA) is 12.9 Å². The first-order valence-corrected chi connectivity index (χ1v) is 4.63. The molecule has 0 aromatic carbocycles. The van der Waals surface area contributed by atoms with E-state index in [4.69, 9.17) is 0 Å². The molecule has 0 atom stereocenters. The summed E-state index contributed by atoms with van der Waals surface area (Å²) in [4.78, 5) is 3.99. The van der Waals surface area contributed by atoms with Crippen LogP contribution in [0, 0.1) is 0 Å². The number of hydrogen-bond acceptors (Lipinski definition) is 1.